The Hall–Kier alpha value is -3.85. The monoisotopic (exact) mass is 506 g/mol. The van der Waals surface area contributed by atoms with Gasteiger partial charge in [0, 0.05) is 17.4 Å². The Bertz CT molecular complexity index is 1030. The normalized spacial score (nSPS) is 11.7. The van der Waals surface area contributed by atoms with Gasteiger partial charge in [0.2, 0.25) is 0 Å². The Kier molecular flexibility index (Phi) is 8.61. The van der Waals surface area contributed by atoms with E-state index in [1.54, 1.807) is 5.32 Å². The Morgan fingerprint density at radius 3 is 1.56 bits per heavy atom. The Morgan fingerprint density at radius 2 is 1.15 bits per heavy atom. The number of anilines is 4. The Labute approximate surface area is 184 Å². The molecule has 0 aliphatic carbocycles. The minimum Gasteiger partial charge on any atom is -0.494 e. The molecular weight excluding hydrogens is 491 g/mol. The zero-order valence-corrected chi connectivity index (χ0v) is 16.7. The molecule has 0 aliphatic heterocycles. The average Bonchev–Trinajstić information content (AvgIpc) is 2.68. The van der Waals surface area contributed by atoms with Crippen molar-refractivity contribution >= 4 is 34.6 Å². The molecule has 0 aliphatic rings. The number of rotatable bonds is 3. The molecule has 16 heteroatoms. The fourth-order valence-electron chi connectivity index (χ4n) is 2.10. The number of methoxy groups -OCH3 is 1. The first-order valence-electron chi connectivity index (χ1n) is 8.52. The van der Waals surface area contributed by atoms with Gasteiger partial charge in [-0.1, -0.05) is 0 Å². The van der Waals surface area contributed by atoms with Crippen molar-refractivity contribution in [2.45, 2.75) is 18.5 Å². The minimum absolute atomic E-state index is 0.0672. The lowest BCUT2D eigenvalue weighted by atomic mass is 10.1. The van der Waals surface area contributed by atoms with Gasteiger partial charge in [0.05, 0.1) is 24.0 Å². The van der Waals surface area contributed by atoms with Gasteiger partial charge in [-0.25, -0.2) is 0 Å². The molecule has 34 heavy (non-hydrogen) atoms. The predicted molar refractivity (Wildman–Crippen MR) is 103 cm³/mol. The second-order valence-corrected chi connectivity index (χ2v) is 6.17. The number of nitrogen functional groups attached to an aromatic ring is 2. The van der Waals surface area contributed by atoms with Gasteiger partial charge in [0.1, 0.15) is 5.75 Å². The van der Waals surface area contributed by atoms with Crippen LogP contribution < -0.4 is 26.8 Å². The van der Waals surface area contributed by atoms with Crippen LogP contribution in [0.2, 0.25) is 0 Å². The number of carbonyl (C=O) groups excluding carboxylic acids is 2. The number of ether oxygens (including phenoxy) is 1. The SMILES string of the molecule is COc1cc(N)ccc1NC(=O)C(F)(F)F.Nc1ccc(NC(=O)C(F)(F)F)c(C(F)(F)F)c1. The van der Waals surface area contributed by atoms with Gasteiger partial charge >= 0.3 is 30.3 Å². The van der Waals surface area contributed by atoms with Gasteiger partial charge in [-0.3, -0.25) is 9.59 Å². The summed E-state index contributed by atoms with van der Waals surface area (Å²) in [6.45, 7) is 0. The number of hydrogen-bond acceptors (Lipinski definition) is 5. The molecule has 2 rings (SSSR count). The van der Waals surface area contributed by atoms with E-state index >= 15 is 0 Å². The number of alkyl halides is 9. The number of carbonyl (C=O) groups is 2. The summed E-state index contributed by atoms with van der Waals surface area (Å²) in [6.07, 6.45) is -15.1. The molecular formula is C18H15F9N4O3. The van der Waals surface area contributed by atoms with Crippen LogP contribution in [0.4, 0.5) is 62.3 Å². The van der Waals surface area contributed by atoms with E-state index < -0.39 is 41.6 Å². The zero-order chi connectivity index (χ0) is 26.5. The van der Waals surface area contributed by atoms with E-state index in [-0.39, 0.29) is 17.1 Å². The summed E-state index contributed by atoms with van der Waals surface area (Å²) < 4.78 is 114. The molecule has 0 aromatic heterocycles. The highest BCUT2D eigenvalue weighted by atomic mass is 19.4. The van der Waals surface area contributed by atoms with E-state index in [9.17, 15) is 49.1 Å². The number of amides is 2. The van der Waals surface area contributed by atoms with Crippen molar-refractivity contribution in [3.63, 3.8) is 0 Å². The quantitative estimate of drug-likeness (QED) is 0.359. The lowest BCUT2D eigenvalue weighted by Gasteiger charge is -2.15. The smallest absolute Gasteiger partial charge is 0.471 e. The third-order valence-electron chi connectivity index (χ3n) is 3.59. The van der Waals surface area contributed by atoms with Crippen molar-refractivity contribution in [1.29, 1.82) is 0 Å². The molecule has 7 nitrogen and oxygen atoms in total. The van der Waals surface area contributed by atoms with E-state index in [1.807, 2.05) is 0 Å². The van der Waals surface area contributed by atoms with Crippen LogP contribution in [0.1, 0.15) is 5.56 Å². The van der Waals surface area contributed by atoms with Crippen molar-refractivity contribution in [3.8, 4) is 5.75 Å². The maximum Gasteiger partial charge on any atom is 0.471 e. The van der Waals surface area contributed by atoms with Crippen LogP contribution in [0.3, 0.4) is 0 Å². The summed E-state index contributed by atoms with van der Waals surface area (Å²) in [5, 5.41) is 2.83. The Morgan fingerprint density at radius 1 is 0.735 bits per heavy atom. The Balaban J connectivity index is 0.000000342. The summed E-state index contributed by atoms with van der Waals surface area (Å²) in [7, 11) is 1.26. The van der Waals surface area contributed by atoms with Gasteiger partial charge in [0.25, 0.3) is 0 Å². The van der Waals surface area contributed by atoms with Crippen LogP contribution in [-0.2, 0) is 15.8 Å². The largest absolute Gasteiger partial charge is 0.494 e. The fourth-order valence-corrected chi connectivity index (χ4v) is 2.10. The topological polar surface area (TPSA) is 119 Å². The first kappa shape index (κ1) is 28.2. The maximum atomic E-state index is 12.5. The fraction of sp³-hybridized carbons (Fsp3) is 0.222. The van der Waals surface area contributed by atoms with Crippen LogP contribution in [0.25, 0.3) is 0 Å². The summed E-state index contributed by atoms with van der Waals surface area (Å²) in [6, 6.07) is 5.94. The number of hydrogen-bond donors (Lipinski definition) is 4. The van der Waals surface area contributed by atoms with Crippen molar-refractivity contribution in [2.24, 2.45) is 0 Å². The minimum atomic E-state index is -5.27. The molecule has 0 saturated carbocycles. The van der Waals surface area contributed by atoms with E-state index in [1.165, 1.54) is 25.3 Å². The van der Waals surface area contributed by atoms with E-state index in [0.29, 0.717) is 17.8 Å². The van der Waals surface area contributed by atoms with Crippen LogP contribution in [0.15, 0.2) is 36.4 Å². The van der Waals surface area contributed by atoms with Crippen LogP contribution in [-0.4, -0.2) is 31.3 Å². The molecule has 2 amide bonds. The molecule has 2 aromatic rings. The van der Waals surface area contributed by atoms with Crippen LogP contribution in [0, 0.1) is 0 Å². The standard InChI is InChI=1S/C9H6F6N2O.C9H9F3N2O2/c10-8(11,12)5-3-4(16)1-2-6(5)17-7(18)9(13,14)15;1-16-7-4-5(13)2-3-6(7)14-8(15)9(10,11)12/h1-3H,16H2,(H,17,18);2-4H,13H2,1H3,(H,14,15). The second-order valence-electron chi connectivity index (χ2n) is 6.17. The molecule has 6 N–H and O–H groups in total. The van der Waals surface area contributed by atoms with Gasteiger partial charge in [-0.2, -0.15) is 39.5 Å². The van der Waals surface area contributed by atoms with Crippen LogP contribution in [0.5, 0.6) is 5.75 Å². The third-order valence-corrected chi connectivity index (χ3v) is 3.59. The molecule has 188 valence electrons. The van der Waals surface area contributed by atoms with E-state index in [4.69, 9.17) is 16.2 Å². The maximum absolute atomic E-state index is 12.5. The molecule has 0 heterocycles. The van der Waals surface area contributed by atoms with Crippen molar-refractivity contribution in [1.82, 2.24) is 0 Å². The van der Waals surface area contributed by atoms with Crippen molar-refractivity contribution < 1.29 is 53.8 Å². The van der Waals surface area contributed by atoms with Gasteiger partial charge < -0.3 is 26.8 Å². The highest BCUT2D eigenvalue weighted by Crippen LogP contribution is 2.36. The summed E-state index contributed by atoms with van der Waals surface area (Å²) in [4.78, 5) is 21.2. The highest BCUT2D eigenvalue weighted by molar-refractivity contribution is 5.96. The first-order chi connectivity index (χ1) is 15.4. The summed E-state index contributed by atoms with van der Waals surface area (Å²) in [5.41, 5.74) is 8.02. The third kappa shape index (κ3) is 8.25. The molecule has 0 unspecified atom stereocenters. The van der Waals surface area contributed by atoms with E-state index in [2.05, 4.69) is 0 Å². The molecule has 0 atom stereocenters. The van der Waals surface area contributed by atoms with Gasteiger partial charge in [0.15, 0.2) is 0 Å². The van der Waals surface area contributed by atoms with E-state index in [0.717, 1.165) is 11.4 Å². The van der Waals surface area contributed by atoms with Crippen molar-refractivity contribution in [2.75, 3.05) is 29.2 Å². The lowest BCUT2D eigenvalue weighted by Crippen LogP contribution is -2.30. The number of halogens is 9. The second kappa shape index (κ2) is 10.4. The number of nitrogens with one attached hydrogen (secondary N) is 2. The molecule has 0 radical (unpaired) electrons. The molecule has 0 spiro atoms. The van der Waals surface area contributed by atoms with Gasteiger partial charge in [-0.05, 0) is 30.3 Å². The molecule has 2 aromatic carbocycles. The summed E-state index contributed by atoms with van der Waals surface area (Å²) in [5.74, 6) is -4.48. The lowest BCUT2D eigenvalue weighted by molar-refractivity contribution is -0.167. The highest BCUT2D eigenvalue weighted by Gasteiger charge is 2.41. The van der Waals surface area contributed by atoms with Crippen LogP contribution >= 0.6 is 0 Å². The molecule has 0 bridgehead atoms. The zero-order valence-electron chi connectivity index (χ0n) is 16.7. The van der Waals surface area contributed by atoms with Gasteiger partial charge in [-0.15, -0.1) is 0 Å². The number of benzene rings is 2. The first-order valence-corrected chi connectivity index (χ1v) is 8.52. The number of nitrogens with two attached hydrogens (primary N) is 2. The molecule has 0 fully saturated rings. The predicted octanol–water partition coefficient (Wildman–Crippen LogP) is 4.57. The van der Waals surface area contributed by atoms with Crippen molar-refractivity contribution in [3.05, 3.63) is 42.0 Å². The molecule has 0 saturated heterocycles. The average molecular weight is 506 g/mol. The summed E-state index contributed by atoms with van der Waals surface area (Å²) >= 11 is 0.